The van der Waals surface area contributed by atoms with Crippen LogP contribution in [0.1, 0.15) is 23.4 Å². The molecule has 1 aromatic carbocycles. The van der Waals surface area contributed by atoms with Crippen LogP contribution in [0.25, 0.3) is 0 Å². The van der Waals surface area contributed by atoms with Gasteiger partial charge < -0.3 is 5.32 Å². The molecule has 0 saturated carbocycles. The van der Waals surface area contributed by atoms with Crippen molar-refractivity contribution in [1.29, 1.82) is 0 Å². The maximum atomic E-state index is 13.1. The van der Waals surface area contributed by atoms with Crippen LogP contribution in [0.15, 0.2) is 29.6 Å². The zero-order chi connectivity index (χ0) is 13.8. The Hall–Kier alpha value is -0.610. The molecule has 0 aliphatic rings. The first-order chi connectivity index (χ1) is 9.11. The van der Waals surface area contributed by atoms with Gasteiger partial charge in [0.05, 0.1) is 5.02 Å². The minimum Gasteiger partial charge on any atom is -0.309 e. The summed E-state index contributed by atoms with van der Waals surface area (Å²) >= 11 is 13.9. The number of hydrogen-bond acceptors (Lipinski definition) is 2. The van der Waals surface area contributed by atoms with Crippen molar-refractivity contribution in [2.24, 2.45) is 0 Å². The topological polar surface area (TPSA) is 12.0 Å². The highest BCUT2D eigenvalue weighted by Gasteiger charge is 2.17. The van der Waals surface area contributed by atoms with Crippen LogP contribution in [0.2, 0.25) is 10.0 Å². The Balaban J connectivity index is 2.24. The third-order valence-electron chi connectivity index (χ3n) is 2.85. The molecule has 1 atom stereocenters. The lowest BCUT2D eigenvalue weighted by atomic mass is 10.0. The van der Waals surface area contributed by atoms with Gasteiger partial charge >= 0.3 is 0 Å². The number of likely N-dealkylation sites (N-methyl/N-ethyl adjacent to an activating group) is 1. The van der Waals surface area contributed by atoms with E-state index in [1.807, 2.05) is 18.4 Å². The highest BCUT2D eigenvalue weighted by Crippen LogP contribution is 2.32. The summed E-state index contributed by atoms with van der Waals surface area (Å²) in [6, 6.07) is 6.48. The van der Waals surface area contributed by atoms with E-state index >= 15 is 0 Å². The maximum absolute atomic E-state index is 13.1. The van der Waals surface area contributed by atoms with Gasteiger partial charge in [-0.15, -0.1) is 11.3 Å². The van der Waals surface area contributed by atoms with Crippen LogP contribution in [0.5, 0.6) is 0 Å². The molecule has 1 unspecified atom stereocenters. The van der Waals surface area contributed by atoms with E-state index in [0.29, 0.717) is 11.4 Å². The maximum Gasteiger partial charge on any atom is 0.124 e. The summed E-state index contributed by atoms with van der Waals surface area (Å²) in [6.07, 6.45) is 0.688. The lowest BCUT2D eigenvalue weighted by Gasteiger charge is -2.18. The van der Waals surface area contributed by atoms with Gasteiger partial charge in [-0.05, 0) is 42.1 Å². The second-order valence-corrected chi connectivity index (χ2v) is 5.95. The van der Waals surface area contributed by atoms with E-state index < -0.39 is 0 Å². The monoisotopic (exact) mass is 317 g/mol. The van der Waals surface area contributed by atoms with E-state index in [0.717, 1.165) is 22.0 Å². The quantitative estimate of drug-likeness (QED) is 0.810. The van der Waals surface area contributed by atoms with Gasteiger partial charge in [0.2, 0.25) is 0 Å². The predicted molar refractivity (Wildman–Crippen MR) is 80.9 cm³/mol. The van der Waals surface area contributed by atoms with Gasteiger partial charge in [-0.3, -0.25) is 0 Å². The molecule has 1 nitrogen and oxygen atoms in total. The molecule has 2 aromatic rings. The molecule has 0 aliphatic carbocycles. The normalized spacial score (nSPS) is 12.6. The van der Waals surface area contributed by atoms with E-state index in [9.17, 15) is 4.39 Å². The molecule has 0 bridgehead atoms. The van der Waals surface area contributed by atoms with Gasteiger partial charge in [-0.2, -0.15) is 0 Å². The van der Waals surface area contributed by atoms with E-state index in [2.05, 4.69) is 5.32 Å². The lowest BCUT2D eigenvalue weighted by molar-refractivity contribution is 0.557. The van der Waals surface area contributed by atoms with Crippen molar-refractivity contribution >= 4 is 34.5 Å². The second kappa shape index (κ2) is 6.71. The Morgan fingerprint density at radius 3 is 2.63 bits per heavy atom. The first kappa shape index (κ1) is 14.8. The van der Waals surface area contributed by atoms with Crippen molar-refractivity contribution in [2.45, 2.75) is 19.4 Å². The Morgan fingerprint density at radius 2 is 2.05 bits per heavy atom. The van der Waals surface area contributed by atoms with Gasteiger partial charge in [0, 0.05) is 15.9 Å². The van der Waals surface area contributed by atoms with Crippen molar-refractivity contribution in [3.63, 3.8) is 0 Å². The fourth-order valence-corrected chi connectivity index (χ4v) is 3.47. The third-order valence-corrected chi connectivity index (χ3v) is 4.67. The predicted octanol–water partition coefficient (Wildman–Crippen LogP) is 5.09. The smallest absolute Gasteiger partial charge is 0.124 e. The fourth-order valence-electron chi connectivity index (χ4n) is 1.97. The highest BCUT2D eigenvalue weighted by molar-refractivity contribution is 7.10. The molecule has 0 radical (unpaired) electrons. The fraction of sp³-hybridized carbons (Fsp3) is 0.286. The molecule has 0 spiro atoms. The van der Waals surface area contributed by atoms with E-state index in [4.69, 9.17) is 23.2 Å². The zero-order valence-electron chi connectivity index (χ0n) is 10.4. The summed E-state index contributed by atoms with van der Waals surface area (Å²) in [5.74, 6) is -0.317. The molecule has 0 saturated heterocycles. The van der Waals surface area contributed by atoms with Crippen LogP contribution in [0.4, 0.5) is 4.39 Å². The highest BCUT2D eigenvalue weighted by atomic mass is 35.5. The van der Waals surface area contributed by atoms with Crippen LogP contribution in [-0.4, -0.2) is 6.54 Å². The van der Waals surface area contributed by atoms with Crippen molar-refractivity contribution < 1.29 is 4.39 Å². The molecule has 1 aromatic heterocycles. The largest absolute Gasteiger partial charge is 0.309 e. The minimum absolute atomic E-state index is 0.0976. The number of benzene rings is 1. The molecule has 2 rings (SSSR count). The van der Waals surface area contributed by atoms with Gasteiger partial charge in [-0.1, -0.05) is 36.2 Å². The minimum atomic E-state index is -0.317. The summed E-state index contributed by atoms with van der Waals surface area (Å²) in [5, 5.41) is 6.57. The van der Waals surface area contributed by atoms with Crippen LogP contribution < -0.4 is 5.32 Å². The van der Waals surface area contributed by atoms with Crippen LogP contribution >= 0.6 is 34.5 Å². The van der Waals surface area contributed by atoms with Crippen molar-refractivity contribution in [3.05, 3.63) is 55.9 Å². The summed E-state index contributed by atoms with van der Waals surface area (Å²) in [6.45, 7) is 2.87. The standard InChI is InChI=1S/C14H14Cl2FNS/c1-2-18-13(14-11(15)5-6-19-14)7-9-3-4-10(17)8-12(9)16/h3-6,8,13,18H,2,7H2,1H3. The SMILES string of the molecule is CCNC(Cc1ccc(F)cc1Cl)c1sccc1Cl. The lowest BCUT2D eigenvalue weighted by Crippen LogP contribution is -2.22. The zero-order valence-corrected chi connectivity index (χ0v) is 12.7. The van der Waals surface area contributed by atoms with Gasteiger partial charge in [-0.25, -0.2) is 4.39 Å². The molecular weight excluding hydrogens is 304 g/mol. The van der Waals surface area contributed by atoms with Crippen molar-refractivity contribution in [1.82, 2.24) is 5.32 Å². The molecule has 0 amide bonds. The number of rotatable bonds is 5. The second-order valence-electron chi connectivity index (χ2n) is 4.18. The molecule has 1 N–H and O–H groups in total. The summed E-state index contributed by atoms with van der Waals surface area (Å²) < 4.78 is 13.1. The van der Waals surface area contributed by atoms with Crippen molar-refractivity contribution in [2.75, 3.05) is 6.54 Å². The Bertz CT molecular complexity index is 556. The Kier molecular flexibility index (Phi) is 5.22. The van der Waals surface area contributed by atoms with Crippen LogP contribution in [-0.2, 0) is 6.42 Å². The van der Waals surface area contributed by atoms with Crippen molar-refractivity contribution in [3.8, 4) is 0 Å². The van der Waals surface area contributed by atoms with Gasteiger partial charge in [0.1, 0.15) is 5.82 Å². The third kappa shape index (κ3) is 3.69. The number of nitrogens with one attached hydrogen (secondary N) is 1. The first-order valence-corrected chi connectivity index (χ1v) is 7.65. The average molecular weight is 318 g/mol. The number of hydrogen-bond donors (Lipinski definition) is 1. The molecule has 19 heavy (non-hydrogen) atoms. The number of thiophene rings is 1. The van der Waals surface area contributed by atoms with E-state index in [1.165, 1.54) is 12.1 Å². The van der Waals surface area contributed by atoms with Crippen LogP contribution in [0.3, 0.4) is 0 Å². The number of halogens is 3. The van der Waals surface area contributed by atoms with Crippen LogP contribution in [0, 0.1) is 5.82 Å². The van der Waals surface area contributed by atoms with E-state index in [1.54, 1.807) is 17.4 Å². The summed E-state index contributed by atoms with van der Waals surface area (Å²) in [4.78, 5) is 1.09. The Morgan fingerprint density at radius 1 is 1.26 bits per heavy atom. The van der Waals surface area contributed by atoms with Gasteiger partial charge in [0.15, 0.2) is 0 Å². The van der Waals surface area contributed by atoms with E-state index in [-0.39, 0.29) is 11.9 Å². The average Bonchev–Trinajstić information content (AvgIpc) is 2.78. The molecule has 0 fully saturated rings. The molecule has 5 heteroatoms. The summed E-state index contributed by atoms with van der Waals surface area (Å²) in [7, 11) is 0. The van der Waals surface area contributed by atoms with Gasteiger partial charge in [0.25, 0.3) is 0 Å². The molecule has 102 valence electrons. The Labute approximate surface area is 126 Å². The summed E-state index contributed by atoms with van der Waals surface area (Å²) in [5.41, 5.74) is 0.915. The molecule has 1 heterocycles. The molecular formula is C14H14Cl2FNS. The molecule has 0 aliphatic heterocycles. The first-order valence-electron chi connectivity index (χ1n) is 6.02.